The monoisotopic (exact) mass is 555 g/mol. The van der Waals surface area contributed by atoms with Gasteiger partial charge in [-0.3, -0.25) is 19.2 Å². The van der Waals surface area contributed by atoms with E-state index in [1.807, 2.05) is 42.8 Å². The number of carboxylic acids is 1. The summed E-state index contributed by atoms with van der Waals surface area (Å²) in [6.07, 6.45) is 4.15. The Labute approximate surface area is 225 Å². The molecule has 0 saturated carbocycles. The highest BCUT2D eigenvalue weighted by atomic mass is 32.2. The lowest BCUT2D eigenvalue weighted by molar-refractivity contribution is -0.142. The molecule has 0 radical (unpaired) electrons. The standard InChI is InChI=1S/C24H37N5O6S2/c1-36-12-10-17(27-21(31)16(25)14-15-6-4-3-5-7-15)22(32)28-18(11-13-37-2)23(33)29-19(24(34)35)8-9-20(26)30/h3-7,16-19H,8-14,25H2,1-2H3,(H2,26,30)(H,27,31)(H,28,32)(H,29,33)(H,34,35). The van der Waals surface area contributed by atoms with Crippen LogP contribution in [0.2, 0.25) is 0 Å². The number of carboxylic acid groups (broad SMARTS) is 1. The Bertz CT molecular complexity index is 905. The Hall–Kier alpha value is -2.77. The van der Waals surface area contributed by atoms with E-state index in [1.165, 1.54) is 23.5 Å². The molecule has 206 valence electrons. The molecule has 0 bridgehead atoms. The zero-order chi connectivity index (χ0) is 27.8. The number of hydrogen-bond acceptors (Lipinski definition) is 8. The fourth-order valence-electron chi connectivity index (χ4n) is 3.34. The predicted octanol–water partition coefficient (Wildman–Crippen LogP) is -0.133. The molecule has 0 aliphatic carbocycles. The van der Waals surface area contributed by atoms with Crippen LogP contribution in [0, 0.1) is 0 Å². The Morgan fingerprint density at radius 1 is 0.811 bits per heavy atom. The van der Waals surface area contributed by atoms with Gasteiger partial charge in [-0.05, 0) is 55.3 Å². The van der Waals surface area contributed by atoms with Gasteiger partial charge in [0.1, 0.15) is 18.1 Å². The number of benzene rings is 1. The second-order valence-electron chi connectivity index (χ2n) is 8.39. The van der Waals surface area contributed by atoms with E-state index in [0.29, 0.717) is 24.3 Å². The molecule has 0 saturated heterocycles. The molecule has 1 rings (SSSR count). The van der Waals surface area contributed by atoms with Crippen molar-refractivity contribution in [2.75, 3.05) is 24.0 Å². The second-order valence-corrected chi connectivity index (χ2v) is 10.4. The third kappa shape index (κ3) is 12.8. The minimum Gasteiger partial charge on any atom is -0.480 e. The van der Waals surface area contributed by atoms with Crippen LogP contribution >= 0.6 is 23.5 Å². The minimum atomic E-state index is -1.34. The number of carbonyl (C=O) groups excluding carboxylic acids is 4. The molecule has 1 aromatic carbocycles. The van der Waals surface area contributed by atoms with Gasteiger partial charge in [0, 0.05) is 6.42 Å². The van der Waals surface area contributed by atoms with Gasteiger partial charge in [-0.25, -0.2) is 4.79 Å². The van der Waals surface area contributed by atoms with E-state index >= 15 is 0 Å². The molecule has 37 heavy (non-hydrogen) atoms. The fourth-order valence-corrected chi connectivity index (χ4v) is 4.28. The van der Waals surface area contributed by atoms with E-state index in [9.17, 15) is 29.1 Å². The van der Waals surface area contributed by atoms with Crippen LogP contribution < -0.4 is 27.4 Å². The van der Waals surface area contributed by atoms with E-state index < -0.39 is 53.8 Å². The second kappa shape index (κ2) is 17.6. The van der Waals surface area contributed by atoms with Gasteiger partial charge in [-0.2, -0.15) is 23.5 Å². The van der Waals surface area contributed by atoms with Gasteiger partial charge < -0.3 is 32.5 Å². The van der Waals surface area contributed by atoms with Crippen molar-refractivity contribution in [2.45, 2.75) is 56.3 Å². The van der Waals surface area contributed by atoms with Crippen LogP contribution in [0.3, 0.4) is 0 Å². The highest BCUT2D eigenvalue weighted by molar-refractivity contribution is 7.98. The van der Waals surface area contributed by atoms with Crippen LogP contribution in [0.5, 0.6) is 0 Å². The zero-order valence-electron chi connectivity index (χ0n) is 21.1. The van der Waals surface area contributed by atoms with Gasteiger partial charge in [-0.15, -0.1) is 0 Å². The molecule has 0 aliphatic heterocycles. The van der Waals surface area contributed by atoms with E-state index in [4.69, 9.17) is 11.5 Å². The summed E-state index contributed by atoms with van der Waals surface area (Å²) < 4.78 is 0. The average molecular weight is 556 g/mol. The number of carbonyl (C=O) groups is 5. The van der Waals surface area contributed by atoms with Crippen molar-refractivity contribution in [1.29, 1.82) is 0 Å². The molecule has 4 unspecified atom stereocenters. The summed E-state index contributed by atoms with van der Waals surface area (Å²) in [5, 5.41) is 17.1. The van der Waals surface area contributed by atoms with E-state index in [-0.39, 0.29) is 19.3 Å². The summed E-state index contributed by atoms with van der Waals surface area (Å²) in [5.74, 6) is -2.68. The minimum absolute atomic E-state index is 0.175. The van der Waals surface area contributed by atoms with Gasteiger partial charge in [0.2, 0.25) is 23.6 Å². The molecule has 4 amide bonds. The fraction of sp³-hybridized carbons (Fsp3) is 0.542. The first-order valence-corrected chi connectivity index (χ1v) is 14.6. The van der Waals surface area contributed by atoms with Gasteiger partial charge in [0.15, 0.2) is 0 Å². The molecule has 0 aliphatic rings. The number of hydrogen-bond donors (Lipinski definition) is 6. The van der Waals surface area contributed by atoms with E-state index in [0.717, 1.165) is 5.56 Å². The first-order chi connectivity index (χ1) is 17.6. The third-order valence-electron chi connectivity index (χ3n) is 5.42. The first-order valence-electron chi connectivity index (χ1n) is 11.8. The Balaban J connectivity index is 2.91. The van der Waals surface area contributed by atoms with Gasteiger partial charge in [0.25, 0.3) is 0 Å². The van der Waals surface area contributed by atoms with Crippen molar-refractivity contribution in [3.8, 4) is 0 Å². The average Bonchev–Trinajstić information content (AvgIpc) is 2.86. The summed E-state index contributed by atoms with van der Waals surface area (Å²) in [4.78, 5) is 61.4. The van der Waals surface area contributed by atoms with Crippen LogP contribution in [-0.2, 0) is 30.4 Å². The maximum absolute atomic E-state index is 13.1. The quantitative estimate of drug-likeness (QED) is 0.143. The molecule has 0 aromatic heterocycles. The molecule has 13 heteroatoms. The normalized spacial score (nSPS) is 14.0. The van der Waals surface area contributed by atoms with Crippen molar-refractivity contribution in [3.05, 3.63) is 35.9 Å². The largest absolute Gasteiger partial charge is 0.480 e. The maximum atomic E-state index is 13.1. The van der Waals surface area contributed by atoms with Crippen molar-refractivity contribution >= 4 is 53.1 Å². The van der Waals surface area contributed by atoms with Gasteiger partial charge >= 0.3 is 5.97 Å². The molecular formula is C24H37N5O6S2. The third-order valence-corrected chi connectivity index (χ3v) is 6.70. The van der Waals surface area contributed by atoms with Gasteiger partial charge in [0.05, 0.1) is 6.04 Å². The molecule has 11 nitrogen and oxygen atoms in total. The molecule has 1 aromatic rings. The molecular weight excluding hydrogens is 518 g/mol. The molecule has 0 spiro atoms. The highest BCUT2D eigenvalue weighted by Gasteiger charge is 2.30. The number of aliphatic carboxylic acids is 1. The molecule has 8 N–H and O–H groups in total. The zero-order valence-corrected chi connectivity index (χ0v) is 22.7. The summed E-state index contributed by atoms with van der Waals surface area (Å²) in [6, 6.07) is 5.08. The van der Waals surface area contributed by atoms with Gasteiger partial charge in [-0.1, -0.05) is 30.3 Å². The number of amides is 4. The predicted molar refractivity (Wildman–Crippen MR) is 146 cm³/mol. The number of nitrogens with two attached hydrogens (primary N) is 2. The van der Waals surface area contributed by atoms with Crippen molar-refractivity contribution in [3.63, 3.8) is 0 Å². The number of thioether (sulfide) groups is 2. The Morgan fingerprint density at radius 2 is 1.30 bits per heavy atom. The highest BCUT2D eigenvalue weighted by Crippen LogP contribution is 2.08. The van der Waals surface area contributed by atoms with Crippen molar-refractivity contribution < 1.29 is 29.1 Å². The van der Waals surface area contributed by atoms with Crippen LogP contribution in [0.4, 0.5) is 0 Å². The molecule has 0 fully saturated rings. The lowest BCUT2D eigenvalue weighted by Crippen LogP contribution is -2.57. The first kappa shape index (κ1) is 32.3. The lowest BCUT2D eigenvalue weighted by atomic mass is 10.1. The number of primary amides is 1. The number of rotatable bonds is 18. The van der Waals surface area contributed by atoms with Crippen LogP contribution in [0.25, 0.3) is 0 Å². The Kier molecular flexibility index (Phi) is 15.4. The maximum Gasteiger partial charge on any atom is 0.326 e. The van der Waals surface area contributed by atoms with E-state index in [2.05, 4.69) is 16.0 Å². The van der Waals surface area contributed by atoms with Crippen LogP contribution in [-0.4, -0.2) is 82.9 Å². The summed E-state index contributed by atoms with van der Waals surface area (Å²) in [7, 11) is 0. The van der Waals surface area contributed by atoms with Crippen molar-refractivity contribution in [2.24, 2.45) is 11.5 Å². The van der Waals surface area contributed by atoms with Crippen LogP contribution in [0.15, 0.2) is 30.3 Å². The summed E-state index contributed by atoms with van der Waals surface area (Å²) in [5.41, 5.74) is 12.0. The van der Waals surface area contributed by atoms with Crippen LogP contribution in [0.1, 0.15) is 31.2 Å². The SMILES string of the molecule is CSCCC(NC(=O)C(N)Cc1ccccc1)C(=O)NC(CCSC)C(=O)NC(CCC(N)=O)C(=O)O. The Morgan fingerprint density at radius 3 is 1.76 bits per heavy atom. The molecule has 4 atom stereocenters. The molecule has 0 heterocycles. The number of nitrogens with one attached hydrogen (secondary N) is 3. The lowest BCUT2D eigenvalue weighted by Gasteiger charge is -2.25. The van der Waals surface area contributed by atoms with E-state index in [1.54, 1.807) is 0 Å². The summed E-state index contributed by atoms with van der Waals surface area (Å²) >= 11 is 2.95. The topological polar surface area (TPSA) is 194 Å². The summed E-state index contributed by atoms with van der Waals surface area (Å²) in [6.45, 7) is 0. The smallest absolute Gasteiger partial charge is 0.326 e. The van der Waals surface area contributed by atoms with Crippen molar-refractivity contribution in [1.82, 2.24) is 16.0 Å².